The highest BCUT2D eigenvalue weighted by atomic mass is 16.5. The Labute approximate surface area is 104 Å². The molecule has 0 aliphatic carbocycles. The highest BCUT2D eigenvalue weighted by molar-refractivity contribution is 5.25. The van der Waals surface area contributed by atoms with Crippen LogP contribution in [0.5, 0.6) is 0 Å². The maximum absolute atomic E-state index is 10.2. The number of aliphatic hydroxyl groups excluding tert-OH is 1. The summed E-state index contributed by atoms with van der Waals surface area (Å²) in [6.07, 6.45) is 5.05. The molecule has 94 valence electrons. The molecular formula is C15H22O2. The zero-order chi connectivity index (χ0) is 12.1. The van der Waals surface area contributed by atoms with Crippen molar-refractivity contribution in [2.45, 2.75) is 51.2 Å². The second-order valence-corrected chi connectivity index (χ2v) is 4.88. The van der Waals surface area contributed by atoms with Crippen molar-refractivity contribution in [3.8, 4) is 0 Å². The average molecular weight is 234 g/mol. The molecule has 0 aromatic heterocycles. The van der Waals surface area contributed by atoms with E-state index in [1.165, 1.54) is 5.56 Å². The maximum atomic E-state index is 10.2. The van der Waals surface area contributed by atoms with Gasteiger partial charge in [0.05, 0.1) is 12.2 Å². The topological polar surface area (TPSA) is 29.5 Å². The monoisotopic (exact) mass is 234 g/mol. The van der Waals surface area contributed by atoms with Gasteiger partial charge in [0.2, 0.25) is 0 Å². The van der Waals surface area contributed by atoms with E-state index in [4.69, 9.17) is 4.74 Å². The fraction of sp³-hybridized carbons (Fsp3) is 0.600. The summed E-state index contributed by atoms with van der Waals surface area (Å²) in [5.41, 5.74) is 2.35. The molecule has 0 bridgehead atoms. The number of aliphatic hydroxyl groups is 1. The maximum Gasteiger partial charge on any atom is 0.0814 e. The quantitative estimate of drug-likeness (QED) is 0.847. The van der Waals surface area contributed by atoms with Gasteiger partial charge in [-0.25, -0.2) is 0 Å². The van der Waals surface area contributed by atoms with E-state index in [0.717, 1.165) is 44.3 Å². The minimum Gasteiger partial charge on any atom is -0.388 e. The third-order valence-corrected chi connectivity index (χ3v) is 3.38. The highest BCUT2D eigenvalue weighted by Gasteiger charge is 2.20. The number of aryl methyl sites for hydroxylation is 1. The van der Waals surface area contributed by atoms with Crippen LogP contribution in [0.3, 0.4) is 0 Å². The fourth-order valence-corrected chi connectivity index (χ4v) is 2.46. The van der Waals surface area contributed by atoms with Crippen molar-refractivity contribution < 1.29 is 9.84 Å². The SMILES string of the molecule is CCCc1cccc(C(O)CC2CCCO2)c1. The van der Waals surface area contributed by atoms with Crippen LogP contribution in [0, 0.1) is 0 Å². The van der Waals surface area contributed by atoms with E-state index in [0.29, 0.717) is 0 Å². The first-order chi connectivity index (χ1) is 8.29. The molecule has 2 atom stereocenters. The number of benzene rings is 1. The Hall–Kier alpha value is -0.860. The lowest BCUT2D eigenvalue weighted by molar-refractivity contribution is 0.0535. The van der Waals surface area contributed by atoms with Crippen molar-refractivity contribution in [2.24, 2.45) is 0 Å². The van der Waals surface area contributed by atoms with Crippen molar-refractivity contribution in [3.63, 3.8) is 0 Å². The molecule has 1 aliphatic rings. The average Bonchev–Trinajstić information content (AvgIpc) is 2.83. The smallest absolute Gasteiger partial charge is 0.0814 e. The zero-order valence-electron chi connectivity index (χ0n) is 10.6. The van der Waals surface area contributed by atoms with Crippen LogP contribution < -0.4 is 0 Å². The lowest BCUT2D eigenvalue weighted by atomic mass is 9.99. The van der Waals surface area contributed by atoms with Gasteiger partial charge in [0, 0.05) is 13.0 Å². The zero-order valence-corrected chi connectivity index (χ0v) is 10.6. The van der Waals surface area contributed by atoms with E-state index >= 15 is 0 Å². The minimum absolute atomic E-state index is 0.250. The van der Waals surface area contributed by atoms with Gasteiger partial charge < -0.3 is 9.84 Å². The Morgan fingerprint density at radius 2 is 2.35 bits per heavy atom. The Kier molecular flexibility index (Phi) is 4.57. The van der Waals surface area contributed by atoms with Gasteiger partial charge in [-0.1, -0.05) is 37.6 Å². The van der Waals surface area contributed by atoms with E-state index in [9.17, 15) is 5.11 Å². The molecule has 1 aromatic rings. The van der Waals surface area contributed by atoms with Crippen molar-refractivity contribution in [1.29, 1.82) is 0 Å². The lowest BCUT2D eigenvalue weighted by Gasteiger charge is -2.16. The fourth-order valence-electron chi connectivity index (χ4n) is 2.46. The summed E-state index contributed by atoms with van der Waals surface area (Å²) in [5.74, 6) is 0. The second kappa shape index (κ2) is 6.18. The molecule has 1 saturated heterocycles. The van der Waals surface area contributed by atoms with Crippen LogP contribution in [0.15, 0.2) is 24.3 Å². The van der Waals surface area contributed by atoms with Crippen LogP contribution in [-0.2, 0) is 11.2 Å². The molecule has 1 aliphatic heterocycles. The summed E-state index contributed by atoms with van der Waals surface area (Å²) in [7, 11) is 0. The molecule has 1 fully saturated rings. The summed E-state index contributed by atoms with van der Waals surface area (Å²) >= 11 is 0. The van der Waals surface area contributed by atoms with Crippen LogP contribution >= 0.6 is 0 Å². The largest absolute Gasteiger partial charge is 0.388 e. The predicted octanol–water partition coefficient (Wildman–Crippen LogP) is 3.24. The number of ether oxygens (including phenoxy) is 1. The minimum atomic E-state index is -0.380. The standard InChI is InChI=1S/C15H22O2/c1-2-5-12-6-3-7-13(10-12)15(16)11-14-8-4-9-17-14/h3,6-7,10,14-16H,2,4-5,8-9,11H2,1H3. The first-order valence-corrected chi connectivity index (χ1v) is 6.68. The molecule has 1 heterocycles. The van der Waals surface area contributed by atoms with Crippen molar-refractivity contribution in [3.05, 3.63) is 35.4 Å². The summed E-state index contributed by atoms with van der Waals surface area (Å²) in [6.45, 7) is 3.03. The van der Waals surface area contributed by atoms with Crippen molar-refractivity contribution in [2.75, 3.05) is 6.61 Å². The normalized spacial score (nSPS) is 21.6. The van der Waals surface area contributed by atoms with Crippen LogP contribution in [-0.4, -0.2) is 17.8 Å². The highest BCUT2D eigenvalue weighted by Crippen LogP contribution is 2.25. The number of rotatable bonds is 5. The van der Waals surface area contributed by atoms with Gasteiger partial charge in [0.1, 0.15) is 0 Å². The Morgan fingerprint density at radius 3 is 3.06 bits per heavy atom. The van der Waals surface area contributed by atoms with E-state index in [2.05, 4.69) is 19.1 Å². The van der Waals surface area contributed by atoms with Gasteiger partial charge in [0.15, 0.2) is 0 Å². The summed E-state index contributed by atoms with van der Waals surface area (Å²) in [4.78, 5) is 0. The van der Waals surface area contributed by atoms with E-state index < -0.39 is 0 Å². The number of hydrogen-bond donors (Lipinski definition) is 1. The summed E-state index contributed by atoms with van der Waals surface area (Å²) in [5, 5.41) is 10.2. The van der Waals surface area contributed by atoms with Crippen molar-refractivity contribution >= 4 is 0 Å². The molecule has 17 heavy (non-hydrogen) atoms. The molecule has 2 nitrogen and oxygen atoms in total. The van der Waals surface area contributed by atoms with E-state index in [1.807, 2.05) is 12.1 Å². The van der Waals surface area contributed by atoms with E-state index in [1.54, 1.807) is 0 Å². The molecule has 2 rings (SSSR count). The van der Waals surface area contributed by atoms with Crippen LogP contribution in [0.25, 0.3) is 0 Å². The molecule has 1 N–H and O–H groups in total. The van der Waals surface area contributed by atoms with Gasteiger partial charge in [-0.15, -0.1) is 0 Å². The summed E-state index contributed by atoms with van der Waals surface area (Å²) in [6, 6.07) is 8.31. The van der Waals surface area contributed by atoms with Crippen LogP contribution in [0.2, 0.25) is 0 Å². The van der Waals surface area contributed by atoms with Crippen LogP contribution in [0.4, 0.5) is 0 Å². The second-order valence-electron chi connectivity index (χ2n) is 4.88. The Balaban J connectivity index is 1.97. The predicted molar refractivity (Wildman–Crippen MR) is 69.0 cm³/mol. The van der Waals surface area contributed by atoms with Gasteiger partial charge in [-0.2, -0.15) is 0 Å². The Bertz CT molecular complexity index is 343. The molecule has 1 aromatic carbocycles. The molecule has 2 unspecified atom stereocenters. The first kappa shape index (κ1) is 12.6. The van der Waals surface area contributed by atoms with Gasteiger partial charge in [-0.05, 0) is 30.4 Å². The Morgan fingerprint density at radius 1 is 1.47 bits per heavy atom. The lowest BCUT2D eigenvalue weighted by Crippen LogP contribution is -2.11. The van der Waals surface area contributed by atoms with Gasteiger partial charge >= 0.3 is 0 Å². The molecule has 0 saturated carbocycles. The summed E-state index contributed by atoms with van der Waals surface area (Å²) < 4.78 is 5.56. The third-order valence-electron chi connectivity index (χ3n) is 3.38. The first-order valence-electron chi connectivity index (χ1n) is 6.68. The number of hydrogen-bond acceptors (Lipinski definition) is 2. The third kappa shape index (κ3) is 3.55. The molecular weight excluding hydrogens is 212 g/mol. The molecule has 0 spiro atoms. The van der Waals surface area contributed by atoms with Gasteiger partial charge in [0.25, 0.3) is 0 Å². The van der Waals surface area contributed by atoms with Crippen molar-refractivity contribution in [1.82, 2.24) is 0 Å². The van der Waals surface area contributed by atoms with Crippen LogP contribution in [0.1, 0.15) is 49.8 Å². The van der Waals surface area contributed by atoms with Gasteiger partial charge in [-0.3, -0.25) is 0 Å². The van der Waals surface area contributed by atoms with E-state index in [-0.39, 0.29) is 12.2 Å². The molecule has 2 heteroatoms. The molecule has 0 amide bonds. The molecule has 0 radical (unpaired) electrons.